The lowest BCUT2D eigenvalue weighted by atomic mass is 9.76. The summed E-state index contributed by atoms with van der Waals surface area (Å²) in [7, 11) is 0. The Balaban J connectivity index is 1.84. The van der Waals surface area contributed by atoms with Gasteiger partial charge in [-0.05, 0) is 37.7 Å². The van der Waals surface area contributed by atoms with Crippen molar-refractivity contribution in [3.8, 4) is 11.8 Å². The predicted octanol–water partition coefficient (Wildman–Crippen LogP) is 2.60. The van der Waals surface area contributed by atoms with Crippen molar-refractivity contribution in [3.63, 3.8) is 0 Å². The molecule has 3 N–H and O–H groups in total. The third kappa shape index (κ3) is 3.15. The Morgan fingerprint density at radius 3 is 2.45 bits per heavy atom. The molecule has 0 bridgehead atoms. The summed E-state index contributed by atoms with van der Waals surface area (Å²) >= 11 is 0. The van der Waals surface area contributed by atoms with E-state index < -0.39 is 11.1 Å². The molecule has 0 radical (unpaired) electrons. The van der Waals surface area contributed by atoms with Gasteiger partial charge in [0.05, 0.1) is 11.1 Å². The number of amides is 1. The van der Waals surface area contributed by atoms with E-state index in [9.17, 15) is 9.18 Å². The molecule has 2 aliphatic rings. The van der Waals surface area contributed by atoms with Crippen molar-refractivity contribution in [1.82, 2.24) is 5.32 Å². The number of carbonyl (C=O) groups is 1. The van der Waals surface area contributed by atoms with Crippen LogP contribution in [0.2, 0.25) is 0 Å². The summed E-state index contributed by atoms with van der Waals surface area (Å²) in [6, 6.07) is 6.69. The maximum atomic E-state index is 14.2. The molecule has 0 saturated heterocycles. The molecule has 0 heterocycles. The summed E-state index contributed by atoms with van der Waals surface area (Å²) in [6.45, 7) is 0. The van der Waals surface area contributed by atoms with Crippen molar-refractivity contribution < 1.29 is 9.18 Å². The number of rotatable bonds is 2. The monoisotopic (exact) mass is 300 g/mol. The van der Waals surface area contributed by atoms with Crippen molar-refractivity contribution in [1.29, 1.82) is 0 Å². The lowest BCUT2D eigenvalue weighted by Crippen LogP contribution is -2.47. The summed E-state index contributed by atoms with van der Waals surface area (Å²) in [5.74, 6) is 4.80. The number of nitrogens with one attached hydrogen (secondary N) is 1. The zero-order valence-electron chi connectivity index (χ0n) is 12.6. The molecule has 1 aromatic carbocycles. The first kappa shape index (κ1) is 15.1. The van der Waals surface area contributed by atoms with E-state index in [1.54, 1.807) is 12.1 Å². The van der Waals surface area contributed by atoms with Gasteiger partial charge in [-0.2, -0.15) is 0 Å². The first-order valence-corrected chi connectivity index (χ1v) is 7.92. The van der Waals surface area contributed by atoms with E-state index in [0.717, 1.165) is 44.9 Å². The molecule has 2 aliphatic carbocycles. The van der Waals surface area contributed by atoms with Crippen molar-refractivity contribution in [2.24, 2.45) is 5.73 Å². The minimum atomic E-state index is -0.638. The Hall–Kier alpha value is -1.86. The summed E-state index contributed by atoms with van der Waals surface area (Å²) < 4.78 is 14.2. The average molecular weight is 300 g/mol. The summed E-state index contributed by atoms with van der Waals surface area (Å²) in [5, 5.41) is 2.98. The second kappa shape index (κ2) is 5.73. The molecule has 1 aromatic rings. The van der Waals surface area contributed by atoms with Crippen LogP contribution in [0, 0.1) is 17.7 Å². The predicted molar refractivity (Wildman–Crippen MR) is 83.2 cm³/mol. The van der Waals surface area contributed by atoms with Crippen LogP contribution in [0.5, 0.6) is 0 Å². The van der Waals surface area contributed by atoms with E-state index in [0.29, 0.717) is 5.56 Å². The Kier molecular flexibility index (Phi) is 3.92. The molecule has 1 amide bonds. The molecule has 2 fully saturated rings. The van der Waals surface area contributed by atoms with E-state index in [4.69, 9.17) is 5.73 Å². The summed E-state index contributed by atoms with van der Waals surface area (Å²) in [4.78, 5) is 12.2. The lowest BCUT2D eigenvalue weighted by Gasteiger charge is -2.38. The normalized spacial score (nSPS) is 21.4. The second-order valence-corrected chi connectivity index (χ2v) is 6.48. The third-order valence-corrected chi connectivity index (χ3v) is 4.66. The van der Waals surface area contributed by atoms with E-state index in [1.807, 2.05) is 6.07 Å². The third-order valence-electron chi connectivity index (χ3n) is 4.66. The Labute approximate surface area is 130 Å². The van der Waals surface area contributed by atoms with E-state index in [-0.39, 0.29) is 11.7 Å². The van der Waals surface area contributed by atoms with E-state index in [1.165, 1.54) is 6.07 Å². The fraction of sp³-hybridized carbons (Fsp3) is 0.500. The molecule has 3 rings (SSSR count). The molecule has 2 saturated carbocycles. The quantitative estimate of drug-likeness (QED) is 0.825. The van der Waals surface area contributed by atoms with Gasteiger partial charge in [-0.3, -0.25) is 4.79 Å². The topological polar surface area (TPSA) is 55.1 Å². The minimum absolute atomic E-state index is 0.268. The number of hydrogen-bond acceptors (Lipinski definition) is 2. The number of carbonyl (C=O) groups excluding carboxylic acids is 1. The molecule has 0 aliphatic heterocycles. The van der Waals surface area contributed by atoms with Crippen LogP contribution in [0.3, 0.4) is 0 Å². The van der Waals surface area contributed by atoms with Gasteiger partial charge in [0.25, 0.3) is 5.91 Å². The van der Waals surface area contributed by atoms with Gasteiger partial charge in [0.1, 0.15) is 5.82 Å². The molecular formula is C18H21FN2O. The number of benzene rings is 1. The zero-order chi connectivity index (χ0) is 15.6. The summed E-state index contributed by atoms with van der Waals surface area (Å²) in [5.41, 5.74) is 5.34. The Bertz CT molecular complexity index is 634. The maximum absolute atomic E-state index is 14.2. The molecule has 0 spiro atoms. The Morgan fingerprint density at radius 1 is 1.14 bits per heavy atom. The van der Waals surface area contributed by atoms with E-state index in [2.05, 4.69) is 17.2 Å². The van der Waals surface area contributed by atoms with Gasteiger partial charge in [0.2, 0.25) is 0 Å². The van der Waals surface area contributed by atoms with Crippen molar-refractivity contribution >= 4 is 5.91 Å². The van der Waals surface area contributed by atoms with Crippen LogP contribution in [-0.4, -0.2) is 11.4 Å². The number of halogens is 1. The van der Waals surface area contributed by atoms with Gasteiger partial charge >= 0.3 is 0 Å². The molecule has 22 heavy (non-hydrogen) atoms. The number of nitrogens with two attached hydrogens (primary N) is 1. The molecule has 0 aromatic heterocycles. The largest absolute Gasteiger partial charge is 0.336 e. The van der Waals surface area contributed by atoms with Gasteiger partial charge in [-0.25, -0.2) is 4.39 Å². The average Bonchev–Trinajstić information content (AvgIpc) is 3.25. The molecule has 3 nitrogen and oxygen atoms in total. The van der Waals surface area contributed by atoms with Crippen molar-refractivity contribution in [2.45, 2.75) is 56.0 Å². The molecule has 116 valence electrons. The van der Waals surface area contributed by atoms with E-state index >= 15 is 0 Å². The van der Waals surface area contributed by atoms with Crippen LogP contribution in [0.25, 0.3) is 0 Å². The minimum Gasteiger partial charge on any atom is -0.336 e. The highest BCUT2D eigenvalue weighted by molar-refractivity contribution is 5.94. The van der Waals surface area contributed by atoms with Crippen LogP contribution >= 0.6 is 0 Å². The number of hydrogen-bond donors (Lipinski definition) is 2. The summed E-state index contributed by atoms with van der Waals surface area (Å²) in [6.07, 6.45) is 6.23. The Morgan fingerprint density at radius 2 is 1.82 bits per heavy atom. The standard InChI is InChI=1S/C18H21FN2O/c19-15-7-3-2-6-14(15)18(9-4-1-5-10-18)21-16(22)8-11-17(20)12-13-17/h2-3,6-7H,1,4-5,9-10,12-13,20H2,(H,21,22). The zero-order valence-corrected chi connectivity index (χ0v) is 12.6. The van der Waals surface area contributed by atoms with Crippen LogP contribution in [0.4, 0.5) is 4.39 Å². The fourth-order valence-corrected chi connectivity index (χ4v) is 3.16. The molecule has 0 unspecified atom stereocenters. The van der Waals surface area contributed by atoms with Crippen molar-refractivity contribution in [3.05, 3.63) is 35.6 Å². The van der Waals surface area contributed by atoms with Gasteiger partial charge in [0.15, 0.2) is 0 Å². The van der Waals surface area contributed by atoms with Crippen LogP contribution in [0.1, 0.15) is 50.5 Å². The van der Waals surface area contributed by atoms with Crippen molar-refractivity contribution in [2.75, 3.05) is 0 Å². The second-order valence-electron chi connectivity index (χ2n) is 6.48. The molecular weight excluding hydrogens is 279 g/mol. The SMILES string of the molecule is NC1(C#CC(=O)NC2(c3ccccc3F)CCCCC2)CC1. The molecule has 4 heteroatoms. The highest BCUT2D eigenvalue weighted by Crippen LogP contribution is 2.38. The lowest BCUT2D eigenvalue weighted by molar-refractivity contribution is -0.118. The van der Waals surface area contributed by atoms with Crippen LogP contribution in [0.15, 0.2) is 24.3 Å². The highest BCUT2D eigenvalue weighted by Gasteiger charge is 2.38. The first-order chi connectivity index (χ1) is 10.5. The highest BCUT2D eigenvalue weighted by atomic mass is 19.1. The van der Waals surface area contributed by atoms with Crippen LogP contribution in [-0.2, 0) is 10.3 Å². The smallest absolute Gasteiger partial charge is 0.296 e. The van der Waals surface area contributed by atoms with Gasteiger partial charge in [0, 0.05) is 5.56 Å². The van der Waals surface area contributed by atoms with Gasteiger partial charge in [-0.15, -0.1) is 0 Å². The van der Waals surface area contributed by atoms with Gasteiger partial charge < -0.3 is 11.1 Å². The maximum Gasteiger partial charge on any atom is 0.296 e. The van der Waals surface area contributed by atoms with Gasteiger partial charge in [-0.1, -0.05) is 43.4 Å². The molecule has 0 atom stereocenters. The van der Waals surface area contributed by atoms with Crippen LogP contribution < -0.4 is 11.1 Å². The fourth-order valence-electron chi connectivity index (χ4n) is 3.16. The first-order valence-electron chi connectivity index (χ1n) is 7.92.